The van der Waals surface area contributed by atoms with Crippen molar-refractivity contribution in [2.75, 3.05) is 32.8 Å². The van der Waals surface area contributed by atoms with E-state index in [0.717, 1.165) is 56.3 Å². The van der Waals surface area contributed by atoms with E-state index >= 15 is 0 Å². The Labute approximate surface area is 145 Å². The van der Waals surface area contributed by atoms with Crippen LogP contribution < -0.4 is 5.32 Å². The van der Waals surface area contributed by atoms with Gasteiger partial charge in [0.2, 0.25) is 0 Å². The summed E-state index contributed by atoms with van der Waals surface area (Å²) in [5.74, 6) is 1.32. The number of morpholine rings is 1. The van der Waals surface area contributed by atoms with Gasteiger partial charge in [-0.05, 0) is 62.3 Å². The smallest absolute Gasteiger partial charge is 0.123 e. The zero-order valence-corrected chi connectivity index (χ0v) is 15.0. The van der Waals surface area contributed by atoms with Crippen molar-refractivity contribution in [3.8, 4) is 0 Å². The lowest BCUT2D eigenvalue weighted by Gasteiger charge is -2.42. The van der Waals surface area contributed by atoms with Gasteiger partial charge >= 0.3 is 0 Å². The molecule has 1 saturated heterocycles. The molecule has 0 bridgehead atoms. The average molecular weight is 334 g/mol. The van der Waals surface area contributed by atoms with Gasteiger partial charge in [0.05, 0.1) is 13.2 Å². The number of hydrogen-bond donors (Lipinski definition) is 1. The van der Waals surface area contributed by atoms with E-state index in [-0.39, 0.29) is 11.9 Å². The summed E-state index contributed by atoms with van der Waals surface area (Å²) >= 11 is 0. The SMILES string of the molecule is CC(NCC1CCC(N2CCOCC2)CC1C)c1ccc(F)cc1. The minimum atomic E-state index is -0.166. The topological polar surface area (TPSA) is 24.5 Å². The Morgan fingerprint density at radius 3 is 2.58 bits per heavy atom. The van der Waals surface area contributed by atoms with Gasteiger partial charge in [0.1, 0.15) is 5.82 Å². The number of halogens is 1. The van der Waals surface area contributed by atoms with Crippen LogP contribution in [0.3, 0.4) is 0 Å². The predicted octanol–water partition coefficient (Wildman–Crippen LogP) is 3.61. The fourth-order valence-electron chi connectivity index (χ4n) is 4.21. The van der Waals surface area contributed by atoms with Crippen molar-refractivity contribution < 1.29 is 9.13 Å². The van der Waals surface area contributed by atoms with Crippen molar-refractivity contribution in [3.63, 3.8) is 0 Å². The summed E-state index contributed by atoms with van der Waals surface area (Å²) in [6.45, 7) is 9.61. The van der Waals surface area contributed by atoms with Crippen molar-refractivity contribution in [3.05, 3.63) is 35.6 Å². The molecule has 0 radical (unpaired) electrons. The Bertz CT molecular complexity index is 501. The highest BCUT2D eigenvalue weighted by Crippen LogP contribution is 2.33. The van der Waals surface area contributed by atoms with Crippen LogP contribution in [-0.2, 0) is 4.74 Å². The van der Waals surface area contributed by atoms with Gasteiger partial charge in [0.15, 0.2) is 0 Å². The Kier molecular flexibility index (Phi) is 6.25. The largest absolute Gasteiger partial charge is 0.379 e. The standard InChI is InChI=1S/C20H31FN2O/c1-15-13-20(23-9-11-24-12-10-23)8-5-18(15)14-22-16(2)17-3-6-19(21)7-4-17/h3-4,6-7,15-16,18,20,22H,5,8-14H2,1-2H3. The van der Waals surface area contributed by atoms with Crippen LogP contribution in [0, 0.1) is 17.7 Å². The third-order valence-electron chi connectivity index (χ3n) is 5.94. The minimum Gasteiger partial charge on any atom is -0.379 e. The average Bonchev–Trinajstić information content (AvgIpc) is 2.62. The summed E-state index contributed by atoms with van der Waals surface area (Å²) in [5, 5.41) is 3.66. The fourth-order valence-corrected chi connectivity index (χ4v) is 4.21. The van der Waals surface area contributed by atoms with Gasteiger partial charge in [0, 0.05) is 25.2 Å². The van der Waals surface area contributed by atoms with Crippen LogP contribution in [-0.4, -0.2) is 43.8 Å². The van der Waals surface area contributed by atoms with Gasteiger partial charge in [-0.1, -0.05) is 19.1 Å². The second-order valence-electron chi connectivity index (χ2n) is 7.53. The van der Waals surface area contributed by atoms with Gasteiger partial charge in [-0.15, -0.1) is 0 Å². The second kappa shape index (κ2) is 8.41. The van der Waals surface area contributed by atoms with Crippen LogP contribution in [0.5, 0.6) is 0 Å². The molecule has 0 amide bonds. The second-order valence-corrected chi connectivity index (χ2v) is 7.53. The van der Waals surface area contributed by atoms with Crippen molar-refractivity contribution >= 4 is 0 Å². The van der Waals surface area contributed by atoms with E-state index in [1.165, 1.54) is 19.3 Å². The van der Waals surface area contributed by atoms with Gasteiger partial charge < -0.3 is 10.1 Å². The highest BCUT2D eigenvalue weighted by Gasteiger charge is 2.31. The van der Waals surface area contributed by atoms with Crippen molar-refractivity contribution in [2.45, 2.75) is 45.2 Å². The molecule has 1 aromatic rings. The first-order valence-electron chi connectivity index (χ1n) is 9.44. The molecule has 1 aromatic carbocycles. The first kappa shape index (κ1) is 17.8. The van der Waals surface area contributed by atoms with Crippen molar-refractivity contribution in [1.29, 1.82) is 0 Å². The van der Waals surface area contributed by atoms with E-state index < -0.39 is 0 Å². The van der Waals surface area contributed by atoms with Gasteiger partial charge in [-0.25, -0.2) is 4.39 Å². The van der Waals surface area contributed by atoms with Crippen LogP contribution in [0.4, 0.5) is 4.39 Å². The minimum absolute atomic E-state index is 0.166. The zero-order chi connectivity index (χ0) is 16.9. The van der Waals surface area contributed by atoms with E-state index in [0.29, 0.717) is 0 Å². The summed E-state index contributed by atoms with van der Waals surface area (Å²) in [7, 11) is 0. The molecule has 134 valence electrons. The highest BCUT2D eigenvalue weighted by molar-refractivity contribution is 5.19. The van der Waals surface area contributed by atoms with Crippen molar-refractivity contribution in [1.82, 2.24) is 10.2 Å². The Hall–Kier alpha value is -0.970. The maximum atomic E-state index is 13.0. The lowest BCUT2D eigenvalue weighted by molar-refractivity contribution is -0.00249. The molecule has 1 N–H and O–H groups in total. The highest BCUT2D eigenvalue weighted by atomic mass is 19.1. The number of ether oxygens (including phenoxy) is 1. The molecule has 1 heterocycles. The van der Waals surface area contributed by atoms with Gasteiger partial charge in [-0.2, -0.15) is 0 Å². The molecule has 3 rings (SSSR count). The normalized spacial score (nSPS) is 30.2. The summed E-state index contributed by atoms with van der Waals surface area (Å²) in [4.78, 5) is 2.63. The molecule has 2 fully saturated rings. The van der Waals surface area contributed by atoms with Crippen molar-refractivity contribution in [2.24, 2.45) is 11.8 Å². The third-order valence-corrected chi connectivity index (χ3v) is 5.94. The van der Waals surface area contributed by atoms with Gasteiger partial charge in [0.25, 0.3) is 0 Å². The molecule has 1 saturated carbocycles. The molecule has 0 aromatic heterocycles. The zero-order valence-electron chi connectivity index (χ0n) is 15.0. The quantitative estimate of drug-likeness (QED) is 0.890. The Morgan fingerprint density at radius 1 is 1.21 bits per heavy atom. The number of benzene rings is 1. The first-order valence-corrected chi connectivity index (χ1v) is 9.44. The molecule has 2 aliphatic rings. The molecule has 24 heavy (non-hydrogen) atoms. The van der Waals surface area contributed by atoms with Crippen LogP contribution >= 0.6 is 0 Å². The van der Waals surface area contributed by atoms with E-state index in [1.54, 1.807) is 12.1 Å². The Morgan fingerprint density at radius 2 is 1.92 bits per heavy atom. The Balaban J connectivity index is 1.45. The van der Waals surface area contributed by atoms with Crippen LogP contribution in [0.15, 0.2) is 24.3 Å². The number of rotatable bonds is 5. The summed E-state index contributed by atoms with van der Waals surface area (Å²) < 4.78 is 18.5. The van der Waals surface area contributed by atoms with E-state index in [2.05, 4.69) is 24.1 Å². The molecular formula is C20H31FN2O. The predicted molar refractivity (Wildman–Crippen MR) is 95.5 cm³/mol. The summed E-state index contributed by atoms with van der Waals surface area (Å²) in [6.07, 6.45) is 3.91. The molecule has 1 aliphatic heterocycles. The van der Waals surface area contributed by atoms with Crippen LogP contribution in [0.25, 0.3) is 0 Å². The number of hydrogen-bond acceptors (Lipinski definition) is 3. The molecule has 1 aliphatic carbocycles. The molecule has 0 spiro atoms. The first-order chi connectivity index (χ1) is 11.6. The molecular weight excluding hydrogens is 303 g/mol. The lowest BCUT2D eigenvalue weighted by atomic mass is 9.77. The summed E-state index contributed by atoms with van der Waals surface area (Å²) in [6, 6.07) is 7.87. The van der Waals surface area contributed by atoms with E-state index in [4.69, 9.17) is 4.74 Å². The van der Waals surface area contributed by atoms with E-state index in [1.807, 2.05) is 12.1 Å². The molecule has 4 atom stereocenters. The number of nitrogens with one attached hydrogen (secondary N) is 1. The van der Waals surface area contributed by atoms with Crippen LogP contribution in [0.2, 0.25) is 0 Å². The summed E-state index contributed by atoms with van der Waals surface area (Å²) in [5.41, 5.74) is 1.16. The molecule has 4 heteroatoms. The van der Waals surface area contributed by atoms with Crippen LogP contribution in [0.1, 0.15) is 44.7 Å². The monoisotopic (exact) mass is 334 g/mol. The molecule has 3 nitrogen and oxygen atoms in total. The van der Waals surface area contributed by atoms with E-state index in [9.17, 15) is 4.39 Å². The maximum absolute atomic E-state index is 13.0. The van der Waals surface area contributed by atoms with Gasteiger partial charge in [-0.3, -0.25) is 4.90 Å². The fraction of sp³-hybridized carbons (Fsp3) is 0.700. The molecule has 4 unspecified atom stereocenters. The maximum Gasteiger partial charge on any atom is 0.123 e. The number of nitrogens with zero attached hydrogens (tertiary/aromatic N) is 1. The lowest BCUT2D eigenvalue weighted by Crippen LogP contribution is -2.47. The third kappa shape index (κ3) is 4.56.